The van der Waals surface area contributed by atoms with E-state index in [1.54, 1.807) is 0 Å². The number of nitrogens with zero attached hydrogens (tertiary/aromatic N) is 1. The fraction of sp³-hybridized carbons (Fsp3) is 0.667. The third kappa shape index (κ3) is 3.95. The van der Waals surface area contributed by atoms with Gasteiger partial charge in [-0.1, -0.05) is 0 Å². The van der Waals surface area contributed by atoms with Crippen LogP contribution in [-0.4, -0.2) is 12.5 Å². The number of rotatable bonds is 2. The molecule has 0 heterocycles. The highest BCUT2D eigenvalue weighted by Crippen LogP contribution is 1.94. The number of nitrogens with one attached hydrogen (secondary N) is 1. The van der Waals surface area contributed by atoms with Crippen LogP contribution in [0, 0.1) is 0 Å². The summed E-state index contributed by atoms with van der Waals surface area (Å²) in [6.07, 6.45) is 0. The summed E-state index contributed by atoms with van der Waals surface area (Å²) < 4.78 is 22.2. The zero-order chi connectivity index (χ0) is 7.44. The monoisotopic (exact) mass is 139 g/mol. The Morgan fingerprint density at radius 3 is 2.33 bits per heavy atom. The van der Waals surface area contributed by atoms with E-state index in [2.05, 4.69) is 4.84 Å². The van der Waals surface area contributed by atoms with Gasteiger partial charge in [-0.15, -0.1) is 0 Å². The Kier molecular flexibility index (Phi) is 3.21. The lowest BCUT2D eigenvalue weighted by atomic mass is 10.8. The zero-order valence-electron chi connectivity index (χ0n) is 4.60. The molecule has 0 aromatic carbocycles. The molecule has 9 heavy (non-hydrogen) atoms. The van der Waals surface area contributed by atoms with Gasteiger partial charge < -0.3 is 0 Å². The number of carbonyl (C=O) groups is 1. The maximum atomic E-state index is 11.1. The summed E-state index contributed by atoms with van der Waals surface area (Å²) in [6, 6.07) is 0. The van der Waals surface area contributed by atoms with Crippen molar-refractivity contribution >= 4 is 5.91 Å². The summed E-state index contributed by atoms with van der Waals surface area (Å²) in [6.45, 7) is -2.18. The van der Waals surface area contributed by atoms with Gasteiger partial charge in [-0.25, -0.2) is 4.79 Å². The van der Waals surface area contributed by atoms with E-state index < -0.39 is 12.5 Å². The maximum absolute atomic E-state index is 11.1. The molecule has 0 aliphatic heterocycles. The Bertz CT molecular complexity index is 108. The predicted octanol–water partition coefficient (Wildman–Crippen LogP) is 0.0251. The van der Waals surface area contributed by atoms with E-state index in [9.17, 15) is 13.6 Å². The second-order valence-corrected chi connectivity index (χ2v) is 1.18. The van der Waals surface area contributed by atoms with Gasteiger partial charge in [0, 0.05) is 0 Å². The molecule has 0 aliphatic carbocycles. The van der Waals surface area contributed by atoms with Crippen LogP contribution < -0.4 is 11.0 Å². The molecular weight excluding hydrogens is 134 g/mol. The largest absolute Gasteiger partial charge is 0.420 e. The van der Waals surface area contributed by atoms with Gasteiger partial charge >= 0.3 is 12.5 Å². The van der Waals surface area contributed by atoms with Crippen LogP contribution in [0.25, 0.3) is 0 Å². The number of hydrogen-bond donors (Lipinski definition) is 0. The van der Waals surface area contributed by atoms with Crippen LogP contribution in [0.2, 0.25) is 0 Å². The van der Waals surface area contributed by atoms with Crippen molar-refractivity contribution in [1.29, 1.82) is 0 Å². The minimum Gasteiger partial charge on any atom is -0.219 e. The molecule has 2 radical (unpaired) electrons. The molecule has 0 atom stereocenters. The smallest absolute Gasteiger partial charge is 0.219 e. The van der Waals surface area contributed by atoms with Crippen LogP contribution in [0.3, 0.4) is 0 Å². The van der Waals surface area contributed by atoms with Crippen LogP contribution >= 0.6 is 0 Å². The SMILES string of the molecule is CC(=O)[N+]([NH])OC(F)F. The standard InChI is InChI=1S/C3H5F2N2O2/c1-2(8)7(6)9-3(4)5/h3,6H,1H3/q+1. The topological polar surface area (TPSA) is 56.0 Å². The fourth-order valence-electron chi connectivity index (χ4n) is 0.154. The van der Waals surface area contributed by atoms with Crippen LogP contribution in [0.4, 0.5) is 8.78 Å². The molecule has 1 N–H and O–H groups in total. The van der Waals surface area contributed by atoms with Crippen molar-refractivity contribution in [1.82, 2.24) is 11.0 Å². The van der Waals surface area contributed by atoms with Crippen LogP contribution in [-0.2, 0) is 9.63 Å². The van der Waals surface area contributed by atoms with Crippen LogP contribution in [0.5, 0.6) is 0 Å². The molecule has 0 fully saturated rings. The predicted molar refractivity (Wildman–Crippen MR) is 23.0 cm³/mol. The van der Waals surface area contributed by atoms with Crippen molar-refractivity contribution in [3.63, 3.8) is 0 Å². The lowest BCUT2D eigenvalue weighted by Crippen LogP contribution is -2.35. The van der Waals surface area contributed by atoms with Gasteiger partial charge in [0.2, 0.25) is 0 Å². The molecule has 1 amide bonds. The summed E-state index contributed by atoms with van der Waals surface area (Å²) >= 11 is 0. The average molecular weight is 139 g/mol. The summed E-state index contributed by atoms with van der Waals surface area (Å²) in [5.74, 6) is 5.45. The summed E-state index contributed by atoms with van der Waals surface area (Å²) in [5.41, 5.74) is 0. The Balaban J connectivity index is 3.50. The molecule has 0 bridgehead atoms. The molecule has 0 saturated carbocycles. The highest BCUT2D eigenvalue weighted by Gasteiger charge is 2.26. The van der Waals surface area contributed by atoms with Gasteiger partial charge in [-0.05, 0) is 4.84 Å². The number of hydrogen-bond acceptors (Lipinski definition) is 2. The number of halogens is 2. The van der Waals surface area contributed by atoms with Crippen molar-refractivity contribution in [2.45, 2.75) is 13.5 Å². The van der Waals surface area contributed by atoms with Crippen molar-refractivity contribution in [3.05, 3.63) is 0 Å². The number of carbonyl (C=O) groups excluding carboxylic acids is 1. The Morgan fingerprint density at radius 1 is 1.78 bits per heavy atom. The molecular formula is C3H5F2N2O2+. The first-order valence-corrected chi connectivity index (χ1v) is 2.01. The van der Waals surface area contributed by atoms with E-state index in [0.717, 1.165) is 6.92 Å². The van der Waals surface area contributed by atoms with Crippen molar-refractivity contribution < 1.29 is 18.4 Å². The molecule has 0 spiro atoms. The quantitative estimate of drug-likeness (QED) is 0.400. The number of amides is 1. The Labute approximate surface area is 50.1 Å². The third-order valence-electron chi connectivity index (χ3n) is 0.471. The van der Waals surface area contributed by atoms with E-state index in [4.69, 9.17) is 5.84 Å². The first kappa shape index (κ1) is 8.41. The van der Waals surface area contributed by atoms with Crippen molar-refractivity contribution in [3.8, 4) is 0 Å². The van der Waals surface area contributed by atoms with E-state index in [0.29, 0.717) is 0 Å². The highest BCUT2D eigenvalue weighted by molar-refractivity contribution is 5.73. The van der Waals surface area contributed by atoms with Gasteiger partial charge in [0.25, 0.3) is 0 Å². The summed E-state index contributed by atoms with van der Waals surface area (Å²) in [5, 5.41) is -0.273. The average Bonchev–Trinajstić information content (AvgIpc) is 1.63. The normalized spacial score (nSPS) is 10.9. The second kappa shape index (κ2) is 3.44. The molecule has 52 valence electrons. The fourth-order valence-corrected chi connectivity index (χ4v) is 0.154. The molecule has 0 rings (SSSR count). The van der Waals surface area contributed by atoms with Gasteiger partial charge in [-0.3, -0.25) is 0 Å². The van der Waals surface area contributed by atoms with Gasteiger partial charge in [0.05, 0.1) is 12.8 Å². The van der Waals surface area contributed by atoms with E-state index >= 15 is 0 Å². The number of alkyl halides is 2. The van der Waals surface area contributed by atoms with E-state index in [1.165, 1.54) is 0 Å². The third-order valence-corrected chi connectivity index (χ3v) is 0.471. The molecule has 0 aromatic heterocycles. The molecule has 0 aromatic rings. The van der Waals surface area contributed by atoms with E-state index in [-0.39, 0.29) is 5.17 Å². The molecule has 4 nitrogen and oxygen atoms in total. The van der Waals surface area contributed by atoms with Crippen LogP contribution in [0.15, 0.2) is 0 Å². The van der Waals surface area contributed by atoms with Gasteiger partial charge in [-0.2, -0.15) is 8.78 Å². The van der Waals surface area contributed by atoms with Crippen LogP contribution in [0.1, 0.15) is 6.92 Å². The molecule has 0 unspecified atom stereocenters. The lowest BCUT2D eigenvalue weighted by molar-refractivity contribution is -0.231. The minimum atomic E-state index is -3.12. The number of hydroxylamine groups is 1. The molecule has 0 aliphatic rings. The highest BCUT2D eigenvalue weighted by atomic mass is 19.3. The molecule has 6 heteroatoms. The van der Waals surface area contributed by atoms with E-state index in [1.807, 2.05) is 0 Å². The van der Waals surface area contributed by atoms with Gasteiger partial charge in [0.1, 0.15) is 0 Å². The first-order chi connectivity index (χ1) is 4.04. The second-order valence-electron chi connectivity index (χ2n) is 1.18. The van der Waals surface area contributed by atoms with Crippen molar-refractivity contribution in [2.24, 2.45) is 0 Å². The lowest BCUT2D eigenvalue weighted by Gasteiger charge is -1.92. The summed E-state index contributed by atoms with van der Waals surface area (Å²) in [7, 11) is 0. The summed E-state index contributed by atoms with van der Waals surface area (Å²) in [4.78, 5) is 13.3. The minimum absolute atomic E-state index is 0.273. The Morgan fingerprint density at radius 2 is 2.22 bits per heavy atom. The Hall–Kier alpha value is -0.590. The first-order valence-electron chi connectivity index (χ1n) is 2.01. The van der Waals surface area contributed by atoms with Gasteiger partial charge in [0.15, 0.2) is 5.17 Å². The van der Waals surface area contributed by atoms with Crippen molar-refractivity contribution in [2.75, 3.05) is 0 Å². The molecule has 0 saturated heterocycles. The zero-order valence-corrected chi connectivity index (χ0v) is 4.60. The maximum Gasteiger partial charge on any atom is 0.420 e.